The molecule has 0 unspecified atom stereocenters. The van der Waals surface area contributed by atoms with Crippen LogP contribution in [0.15, 0.2) is 89.1 Å². The topological polar surface area (TPSA) is 25.2 Å². The van der Waals surface area contributed by atoms with Crippen LogP contribution in [0.4, 0.5) is 0 Å². The number of hydrogen-bond acceptors (Lipinski definition) is 2. The first-order valence-corrected chi connectivity index (χ1v) is 9.16. The number of aliphatic imine (C=N–C) groups is 1. The molecule has 0 amide bonds. The van der Waals surface area contributed by atoms with Crippen LogP contribution in [0.2, 0.25) is 0 Å². The van der Waals surface area contributed by atoms with Crippen LogP contribution in [0.5, 0.6) is 0 Å². The molecule has 2 aliphatic carbocycles. The molecular weight excluding hydrogens is 316 g/mol. The summed E-state index contributed by atoms with van der Waals surface area (Å²) >= 11 is 0. The maximum Gasteiger partial charge on any atom is 0.0643 e. The second-order valence-electron chi connectivity index (χ2n) is 6.44. The summed E-state index contributed by atoms with van der Waals surface area (Å²) in [6.45, 7) is 4.94. The second-order valence-corrected chi connectivity index (χ2v) is 6.44. The predicted octanol–water partition coefficient (Wildman–Crippen LogP) is 5.59. The van der Waals surface area contributed by atoms with Gasteiger partial charge in [-0.25, -0.2) is 0 Å². The third-order valence-corrected chi connectivity index (χ3v) is 4.85. The molecule has 1 heterocycles. The summed E-state index contributed by atoms with van der Waals surface area (Å²) in [5, 5.41) is 0. The van der Waals surface area contributed by atoms with Crippen molar-refractivity contribution >= 4 is 11.3 Å². The molecule has 128 valence electrons. The maximum atomic E-state index is 4.72. The summed E-state index contributed by atoms with van der Waals surface area (Å²) < 4.78 is 0. The Labute approximate surface area is 155 Å². The number of pyridine rings is 1. The summed E-state index contributed by atoms with van der Waals surface area (Å²) in [5.74, 6) is 0. The van der Waals surface area contributed by atoms with Gasteiger partial charge in [-0.2, -0.15) is 0 Å². The van der Waals surface area contributed by atoms with Crippen molar-refractivity contribution in [1.29, 1.82) is 0 Å². The van der Waals surface area contributed by atoms with E-state index in [1.54, 1.807) is 0 Å². The molecule has 0 saturated heterocycles. The summed E-state index contributed by atoms with van der Waals surface area (Å²) in [7, 11) is 0. The fourth-order valence-electron chi connectivity index (χ4n) is 3.53. The van der Waals surface area contributed by atoms with Crippen LogP contribution >= 0.6 is 0 Å². The molecule has 2 aliphatic rings. The molecule has 1 aromatic heterocycles. The Balaban J connectivity index is 1.72. The first kappa shape index (κ1) is 16.5. The van der Waals surface area contributed by atoms with Gasteiger partial charge in [0.25, 0.3) is 0 Å². The summed E-state index contributed by atoms with van der Waals surface area (Å²) in [6.07, 6.45) is 13.8. The third kappa shape index (κ3) is 2.99. The predicted molar refractivity (Wildman–Crippen MR) is 110 cm³/mol. The van der Waals surface area contributed by atoms with Crippen LogP contribution in [0.25, 0.3) is 16.7 Å². The fraction of sp³-hybridized carbons (Fsp3) is 0.167. The molecule has 1 aromatic carbocycles. The van der Waals surface area contributed by atoms with E-state index < -0.39 is 0 Å². The highest BCUT2D eigenvalue weighted by atomic mass is 14.7. The zero-order valence-electron chi connectivity index (χ0n) is 15.2. The Hall–Kier alpha value is -3.00. The largest absolute Gasteiger partial charge is 0.285 e. The number of allylic oxidation sites excluding steroid dienone is 8. The van der Waals surface area contributed by atoms with Gasteiger partial charge >= 0.3 is 0 Å². The van der Waals surface area contributed by atoms with Gasteiger partial charge in [0.05, 0.1) is 11.4 Å². The van der Waals surface area contributed by atoms with Crippen LogP contribution in [-0.4, -0.2) is 17.2 Å². The van der Waals surface area contributed by atoms with Crippen molar-refractivity contribution in [1.82, 2.24) is 4.98 Å². The van der Waals surface area contributed by atoms with Gasteiger partial charge < -0.3 is 0 Å². The summed E-state index contributed by atoms with van der Waals surface area (Å²) in [4.78, 5) is 9.30. The Morgan fingerprint density at radius 3 is 2.73 bits per heavy atom. The van der Waals surface area contributed by atoms with Crippen molar-refractivity contribution in [3.05, 3.63) is 95.4 Å². The van der Waals surface area contributed by atoms with E-state index in [-0.39, 0.29) is 0 Å². The molecule has 26 heavy (non-hydrogen) atoms. The number of benzene rings is 1. The van der Waals surface area contributed by atoms with Gasteiger partial charge in [0.2, 0.25) is 0 Å². The molecule has 4 rings (SSSR count). The molecule has 2 heteroatoms. The van der Waals surface area contributed by atoms with Crippen LogP contribution < -0.4 is 0 Å². The standard InChI is InChI=1S/C24H22N2/c1-3-17-14-19(10-12-23(17)25-4-2)21-11-13-24-22(21)15-20(16-26-24)18-8-6-5-7-9-18/h3,5-12,14-16H,4,13H2,1-2H3/b17-3-,25-23?. The summed E-state index contributed by atoms with van der Waals surface area (Å²) in [6, 6.07) is 12.7. The first-order valence-electron chi connectivity index (χ1n) is 9.16. The average Bonchev–Trinajstić information content (AvgIpc) is 3.12. The van der Waals surface area contributed by atoms with E-state index in [1.165, 1.54) is 27.8 Å². The van der Waals surface area contributed by atoms with Gasteiger partial charge in [0.1, 0.15) is 0 Å². The maximum absolute atomic E-state index is 4.72. The zero-order valence-corrected chi connectivity index (χ0v) is 15.2. The molecule has 0 radical (unpaired) electrons. The quantitative estimate of drug-likeness (QED) is 0.716. The lowest BCUT2D eigenvalue weighted by molar-refractivity contribution is 1.13. The van der Waals surface area contributed by atoms with Gasteiger partial charge in [-0.3, -0.25) is 9.98 Å². The number of fused-ring (bicyclic) bond motifs is 1. The fourth-order valence-corrected chi connectivity index (χ4v) is 3.53. The number of aromatic nitrogens is 1. The Morgan fingerprint density at radius 2 is 1.96 bits per heavy atom. The van der Waals surface area contributed by atoms with E-state index in [9.17, 15) is 0 Å². The lowest BCUT2D eigenvalue weighted by Gasteiger charge is -2.14. The minimum atomic E-state index is 0.802. The van der Waals surface area contributed by atoms with E-state index in [0.717, 1.165) is 29.9 Å². The Kier molecular flexibility index (Phi) is 4.49. The van der Waals surface area contributed by atoms with Crippen LogP contribution in [0.1, 0.15) is 25.1 Å². The molecule has 0 spiro atoms. The first-order chi connectivity index (χ1) is 12.8. The van der Waals surface area contributed by atoms with Gasteiger partial charge in [-0.05, 0) is 54.3 Å². The van der Waals surface area contributed by atoms with Crippen LogP contribution in [0, 0.1) is 0 Å². The summed E-state index contributed by atoms with van der Waals surface area (Å²) in [5.41, 5.74) is 9.53. The molecule has 2 aromatic rings. The van der Waals surface area contributed by atoms with E-state index >= 15 is 0 Å². The normalized spacial score (nSPS) is 18.8. The van der Waals surface area contributed by atoms with E-state index in [4.69, 9.17) is 4.98 Å². The molecule has 0 atom stereocenters. The van der Waals surface area contributed by atoms with E-state index in [0.29, 0.717) is 0 Å². The molecule has 0 N–H and O–H groups in total. The lowest BCUT2D eigenvalue weighted by Crippen LogP contribution is -2.04. The number of rotatable bonds is 3. The highest BCUT2D eigenvalue weighted by Gasteiger charge is 2.20. The number of nitrogens with zero attached hydrogens (tertiary/aromatic N) is 2. The second kappa shape index (κ2) is 7.09. The van der Waals surface area contributed by atoms with Crippen molar-refractivity contribution in [2.75, 3.05) is 6.54 Å². The smallest absolute Gasteiger partial charge is 0.0643 e. The van der Waals surface area contributed by atoms with Gasteiger partial charge in [0, 0.05) is 30.3 Å². The Bertz CT molecular complexity index is 986. The van der Waals surface area contributed by atoms with E-state index in [1.807, 2.05) is 12.3 Å². The van der Waals surface area contributed by atoms with Gasteiger partial charge in [-0.1, -0.05) is 48.6 Å². The molecule has 0 bridgehead atoms. The number of hydrogen-bond donors (Lipinski definition) is 0. The SMILES string of the molecule is C/C=C1/C=C(C2=CCc3ncc(-c4ccccc4)cc32)C=CC1=NCC. The van der Waals surface area contributed by atoms with Crippen LogP contribution in [0.3, 0.4) is 0 Å². The van der Waals surface area contributed by atoms with Crippen molar-refractivity contribution in [2.45, 2.75) is 20.3 Å². The highest BCUT2D eigenvalue weighted by molar-refractivity contribution is 6.13. The van der Waals surface area contributed by atoms with Crippen LogP contribution in [-0.2, 0) is 6.42 Å². The van der Waals surface area contributed by atoms with Gasteiger partial charge in [-0.15, -0.1) is 0 Å². The lowest BCUT2D eigenvalue weighted by atomic mass is 9.91. The highest BCUT2D eigenvalue weighted by Crippen LogP contribution is 2.36. The Morgan fingerprint density at radius 1 is 1.12 bits per heavy atom. The molecule has 0 aliphatic heterocycles. The van der Waals surface area contributed by atoms with Crippen molar-refractivity contribution in [3.8, 4) is 11.1 Å². The van der Waals surface area contributed by atoms with Gasteiger partial charge in [0.15, 0.2) is 0 Å². The monoisotopic (exact) mass is 338 g/mol. The van der Waals surface area contributed by atoms with Crippen molar-refractivity contribution in [3.63, 3.8) is 0 Å². The molecule has 0 fully saturated rings. The minimum absolute atomic E-state index is 0.802. The molecular formula is C24H22N2. The molecule has 0 saturated carbocycles. The van der Waals surface area contributed by atoms with Crippen molar-refractivity contribution < 1.29 is 0 Å². The van der Waals surface area contributed by atoms with E-state index in [2.05, 4.69) is 79.6 Å². The molecule has 2 nitrogen and oxygen atoms in total. The minimum Gasteiger partial charge on any atom is -0.285 e. The third-order valence-electron chi connectivity index (χ3n) is 4.85. The zero-order chi connectivity index (χ0) is 17.9. The average molecular weight is 338 g/mol. The van der Waals surface area contributed by atoms with Crippen molar-refractivity contribution in [2.24, 2.45) is 4.99 Å².